The van der Waals surface area contributed by atoms with Crippen LogP contribution in [0.4, 0.5) is 0 Å². The predicted octanol–water partition coefficient (Wildman–Crippen LogP) is 3.96. The minimum Gasteiger partial charge on any atom is -0.299 e. The van der Waals surface area contributed by atoms with E-state index in [2.05, 4.69) is 47.6 Å². The third-order valence-electron chi connectivity index (χ3n) is 5.58. The molecule has 0 aliphatic heterocycles. The van der Waals surface area contributed by atoms with E-state index in [4.69, 9.17) is 0 Å². The zero-order valence-electron chi connectivity index (χ0n) is 12.6. The average molecular weight is 247 g/mol. The van der Waals surface area contributed by atoms with E-state index in [1.165, 1.54) is 0 Å². The highest BCUT2D eigenvalue weighted by Crippen LogP contribution is 2.71. The van der Waals surface area contributed by atoms with Crippen LogP contribution in [-0.4, -0.2) is 5.78 Å². The molecule has 2 nitrogen and oxygen atoms in total. The molecule has 0 aromatic rings. The SMILES string of the molecule is CC1(C)CC(=O)[C@]2(C)CC(C#N)(C(C)(C)C)[C@@H]2C1. The largest absolute Gasteiger partial charge is 0.299 e. The lowest BCUT2D eigenvalue weighted by Crippen LogP contribution is -2.66. The van der Waals surface area contributed by atoms with Gasteiger partial charge in [-0.3, -0.25) is 4.79 Å². The number of nitrogens with zero attached hydrogens (tertiary/aromatic N) is 1. The maximum Gasteiger partial charge on any atom is 0.139 e. The van der Waals surface area contributed by atoms with Gasteiger partial charge in [-0.25, -0.2) is 0 Å². The summed E-state index contributed by atoms with van der Waals surface area (Å²) >= 11 is 0. The average Bonchev–Trinajstić information content (AvgIpc) is 2.18. The van der Waals surface area contributed by atoms with E-state index in [9.17, 15) is 10.1 Å². The Morgan fingerprint density at radius 3 is 2.28 bits per heavy atom. The number of Topliss-reactive ketones (excluding diaryl/α,β-unsaturated/α-hetero) is 1. The van der Waals surface area contributed by atoms with Crippen LogP contribution in [0.5, 0.6) is 0 Å². The van der Waals surface area contributed by atoms with Crippen molar-refractivity contribution in [3.8, 4) is 6.07 Å². The van der Waals surface area contributed by atoms with Gasteiger partial charge in [0.15, 0.2) is 0 Å². The Kier molecular flexibility index (Phi) is 2.55. The van der Waals surface area contributed by atoms with Crippen LogP contribution in [0.15, 0.2) is 0 Å². The fourth-order valence-electron chi connectivity index (χ4n) is 4.27. The van der Waals surface area contributed by atoms with Gasteiger partial charge in [0.25, 0.3) is 0 Å². The summed E-state index contributed by atoms with van der Waals surface area (Å²) in [7, 11) is 0. The molecule has 0 radical (unpaired) electrons. The predicted molar refractivity (Wildman–Crippen MR) is 71.7 cm³/mol. The van der Waals surface area contributed by atoms with Crippen LogP contribution in [0, 0.1) is 38.9 Å². The molecule has 3 atom stereocenters. The molecule has 0 N–H and O–H groups in total. The lowest BCUT2D eigenvalue weighted by atomic mass is 9.34. The highest BCUT2D eigenvalue weighted by Gasteiger charge is 2.70. The van der Waals surface area contributed by atoms with Crippen molar-refractivity contribution in [2.24, 2.45) is 27.6 Å². The molecule has 0 amide bonds. The summed E-state index contributed by atoms with van der Waals surface area (Å²) in [6, 6.07) is 2.59. The van der Waals surface area contributed by atoms with Gasteiger partial charge in [-0.2, -0.15) is 5.26 Å². The highest BCUT2D eigenvalue weighted by molar-refractivity contribution is 5.88. The fourth-order valence-corrected chi connectivity index (χ4v) is 4.27. The second-order valence-electron chi connectivity index (χ2n) is 8.45. The molecular formula is C16H25NO. The Morgan fingerprint density at radius 1 is 1.28 bits per heavy atom. The first kappa shape index (κ1) is 13.6. The Morgan fingerprint density at radius 2 is 1.83 bits per heavy atom. The first-order valence-corrected chi connectivity index (χ1v) is 6.93. The van der Waals surface area contributed by atoms with Crippen molar-refractivity contribution in [2.45, 2.75) is 60.8 Å². The lowest BCUT2D eigenvalue weighted by molar-refractivity contribution is -0.190. The van der Waals surface area contributed by atoms with E-state index in [0.29, 0.717) is 12.2 Å². The first-order chi connectivity index (χ1) is 7.98. The third kappa shape index (κ3) is 1.49. The molecule has 2 fully saturated rings. The summed E-state index contributed by atoms with van der Waals surface area (Å²) in [5.74, 6) is 0.602. The number of ketones is 1. The van der Waals surface area contributed by atoms with Crippen molar-refractivity contribution in [3.63, 3.8) is 0 Å². The molecule has 2 heteroatoms. The molecule has 0 bridgehead atoms. The number of fused-ring (bicyclic) bond motifs is 1. The first-order valence-electron chi connectivity index (χ1n) is 6.93. The Hall–Kier alpha value is -0.840. The molecule has 0 saturated heterocycles. The molecule has 18 heavy (non-hydrogen) atoms. The van der Waals surface area contributed by atoms with Gasteiger partial charge in [-0.15, -0.1) is 0 Å². The molecule has 2 rings (SSSR count). The molecule has 100 valence electrons. The molecule has 2 aliphatic rings. The normalized spacial score (nSPS) is 42.7. The van der Waals surface area contributed by atoms with E-state index in [-0.39, 0.29) is 27.6 Å². The standard InChI is InChI=1S/C16H25NO/c1-13(2,3)16(10-17)9-15(6)11(16)7-14(4,5)8-12(15)18/h11H,7-9H2,1-6H3/t11-,15-,16?/m1/s1. The van der Waals surface area contributed by atoms with Gasteiger partial charge in [0.2, 0.25) is 0 Å². The van der Waals surface area contributed by atoms with Gasteiger partial charge in [-0.1, -0.05) is 41.5 Å². The Bertz CT molecular complexity index is 437. The fraction of sp³-hybridized carbons (Fsp3) is 0.875. The zero-order valence-corrected chi connectivity index (χ0v) is 12.6. The second kappa shape index (κ2) is 3.38. The number of nitriles is 1. The van der Waals surface area contributed by atoms with Crippen molar-refractivity contribution >= 4 is 5.78 Å². The lowest BCUT2D eigenvalue weighted by Gasteiger charge is -2.66. The molecule has 0 spiro atoms. The minimum atomic E-state index is -0.324. The second-order valence-corrected chi connectivity index (χ2v) is 8.45. The summed E-state index contributed by atoms with van der Waals surface area (Å²) in [6.45, 7) is 12.8. The molecule has 2 aliphatic carbocycles. The number of hydrogen-bond acceptors (Lipinski definition) is 2. The maximum absolute atomic E-state index is 12.4. The number of carbonyl (C=O) groups is 1. The molecule has 0 heterocycles. The summed E-state index contributed by atoms with van der Waals surface area (Å²) in [5.41, 5.74) is -0.567. The maximum atomic E-state index is 12.4. The third-order valence-corrected chi connectivity index (χ3v) is 5.58. The van der Waals surface area contributed by atoms with E-state index >= 15 is 0 Å². The van der Waals surface area contributed by atoms with Crippen molar-refractivity contribution in [3.05, 3.63) is 0 Å². The van der Waals surface area contributed by atoms with Gasteiger partial charge in [0, 0.05) is 11.8 Å². The smallest absolute Gasteiger partial charge is 0.139 e. The van der Waals surface area contributed by atoms with Crippen LogP contribution in [0.3, 0.4) is 0 Å². The van der Waals surface area contributed by atoms with Crippen LogP contribution in [0.25, 0.3) is 0 Å². The molecule has 0 aromatic heterocycles. The Balaban J connectivity index is 2.44. The highest BCUT2D eigenvalue weighted by atomic mass is 16.1. The molecule has 2 saturated carbocycles. The van der Waals surface area contributed by atoms with Crippen LogP contribution in [0.2, 0.25) is 0 Å². The molecular weight excluding hydrogens is 222 g/mol. The monoisotopic (exact) mass is 247 g/mol. The van der Waals surface area contributed by atoms with Gasteiger partial charge in [0.05, 0.1) is 11.5 Å². The van der Waals surface area contributed by atoms with E-state index in [1.807, 2.05) is 0 Å². The Labute approximate surface area is 111 Å². The quantitative estimate of drug-likeness (QED) is 0.650. The molecule has 1 unspecified atom stereocenters. The van der Waals surface area contributed by atoms with E-state index < -0.39 is 0 Å². The topological polar surface area (TPSA) is 40.9 Å². The van der Waals surface area contributed by atoms with Gasteiger partial charge in [0.1, 0.15) is 5.78 Å². The van der Waals surface area contributed by atoms with Gasteiger partial charge < -0.3 is 0 Å². The number of carbonyl (C=O) groups excluding carboxylic acids is 1. The number of rotatable bonds is 0. The molecule has 0 aromatic carbocycles. The van der Waals surface area contributed by atoms with Crippen LogP contribution in [-0.2, 0) is 4.79 Å². The summed E-state index contributed by atoms with van der Waals surface area (Å²) in [6.07, 6.45) is 2.42. The van der Waals surface area contributed by atoms with Crippen LogP contribution >= 0.6 is 0 Å². The van der Waals surface area contributed by atoms with Crippen molar-refractivity contribution in [1.82, 2.24) is 0 Å². The summed E-state index contributed by atoms with van der Waals surface area (Å²) in [5, 5.41) is 9.72. The van der Waals surface area contributed by atoms with E-state index in [0.717, 1.165) is 12.8 Å². The number of hydrogen-bond donors (Lipinski definition) is 0. The van der Waals surface area contributed by atoms with Crippen molar-refractivity contribution < 1.29 is 4.79 Å². The van der Waals surface area contributed by atoms with Crippen molar-refractivity contribution in [2.75, 3.05) is 0 Å². The van der Waals surface area contributed by atoms with E-state index in [1.54, 1.807) is 0 Å². The van der Waals surface area contributed by atoms with Gasteiger partial charge in [-0.05, 0) is 29.6 Å². The van der Waals surface area contributed by atoms with Gasteiger partial charge >= 0.3 is 0 Å². The zero-order chi connectivity index (χ0) is 14.0. The van der Waals surface area contributed by atoms with Crippen LogP contribution in [0.1, 0.15) is 60.8 Å². The van der Waals surface area contributed by atoms with Crippen LogP contribution < -0.4 is 0 Å². The summed E-state index contributed by atoms with van der Waals surface area (Å²) in [4.78, 5) is 12.4. The summed E-state index contributed by atoms with van der Waals surface area (Å²) < 4.78 is 0. The van der Waals surface area contributed by atoms with Crippen molar-refractivity contribution in [1.29, 1.82) is 5.26 Å². The minimum absolute atomic E-state index is 0.0506.